The number of carbonyl (C=O) groups is 1. The molecule has 0 fully saturated rings. The number of thioether (sulfide) groups is 1. The highest BCUT2D eigenvalue weighted by molar-refractivity contribution is 7.99. The lowest BCUT2D eigenvalue weighted by Gasteiger charge is -2.09. The molecule has 16 heavy (non-hydrogen) atoms. The molecule has 1 aromatic heterocycles. The van der Waals surface area contributed by atoms with Gasteiger partial charge in [-0.2, -0.15) is 16.9 Å². The van der Waals surface area contributed by atoms with Crippen LogP contribution in [0.25, 0.3) is 0 Å². The molecule has 1 unspecified atom stereocenters. The minimum absolute atomic E-state index is 0.0311. The first kappa shape index (κ1) is 12.9. The summed E-state index contributed by atoms with van der Waals surface area (Å²) in [5.74, 6) is 0.403. The summed E-state index contributed by atoms with van der Waals surface area (Å²) in [5.41, 5.74) is 5.45. The van der Waals surface area contributed by atoms with Gasteiger partial charge >= 0.3 is 0 Å². The second-order valence-electron chi connectivity index (χ2n) is 3.62. The zero-order valence-electron chi connectivity index (χ0n) is 9.64. The number of hydrogen-bond donors (Lipinski definition) is 2. The number of nitrogens with zero attached hydrogens (tertiary/aromatic N) is 2. The van der Waals surface area contributed by atoms with Crippen LogP contribution in [0.4, 0.5) is 5.82 Å². The van der Waals surface area contributed by atoms with Crippen molar-refractivity contribution >= 4 is 23.5 Å². The molecule has 0 saturated heterocycles. The lowest BCUT2D eigenvalue weighted by Crippen LogP contribution is -2.29. The van der Waals surface area contributed by atoms with Gasteiger partial charge in [0.05, 0.1) is 0 Å². The first-order chi connectivity index (χ1) is 7.61. The quantitative estimate of drug-likeness (QED) is 0.771. The smallest absolute Gasteiger partial charge is 0.241 e. The second kappa shape index (κ2) is 6.42. The van der Waals surface area contributed by atoms with Crippen LogP contribution in [0.1, 0.15) is 13.3 Å². The van der Waals surface area contributed by atoms with Gasteiger partial charge in [-0.1, -0.05) is 6.92 Å². The molecular weight excluding hydrogens is 224 g/mol. The Hall–Kier alpha value is -1.17. The normalized spacial score (nSPS) is 12.4. The van der Waals surface area contributed by atoms with Crippen LogP contribution in [0, 0.1) is 0 Å². The van der Waals surface area contributed by atoms with E-state index in [1.807, 2.05) is 0 Å². The molecule has 0 aliphatic carbocycles. The number of carbonyl (C=O) groups excluding carboxylic acids is 1. The number of nitrogens with two attached hydrogens (primary N) is 1. The molecular formula is C10H18N4OS. The predicted molar refractivity (Wildman–Crippen MR) is 67.2 cm³/mol. The third-order valence-electron chi connectivity index (χ3n) is 2.24. The first-order valence-corrected chi connectivity index (χ1v) is 6.49. The monoisotopic (exact) mass is 242 g/mol. The van der Waals surface area contributed by atoms with Crippen LogP contribution in [-0.4, -0.2) is 33.7 Å². The van der Waals surface area contributed by atoms with Crippen LogP contribution in [0.5, 0.6) is 0 Å². The number of amides is 1. The molecule has 90 valence electrons. The fourth-order valence-corrected chi connectivity index (χ4v) is 1.55. The van der Waals surface area contributed by atoms with Gasteiger partial charge in [0.1, 0.15) is 12.4 Å². The highest BCUT2D eigenvalue weighted by atomic mass is 32.2. The molecule has 1 aromatic rings. The highest BCUT2D eigenvalue weighted by Crippen LogP contribution is 2.07. The molecule has 0 radical (unpaired) electrons. The van der Waals surface area contributed by atoms with Crippen molar-refractivity contribution in [3.05, 3.63) is 12.3 Å². The summed E-state index contributed by atoms with van der Waals surface area (Å²) < 4.78 is 1.53. The molecule has 5 nitrogen and oxygen atoms in total. The van der Waals surface area contributed by atoms with E-state index in [0.29, 0.717) is 17.6 Å². The van der Waals surface area contributed by atoms with E-state index in [1.165, 1.54) is 4.68 Å². The molecule has 3 N–H and O–H groups in total. The maximum Gasteiger partial charge on any atom is 0.241 e. The van der Waals surface area contributed by atoms with Crippen molar-refractivity contribution in [1.82, 2.24) is 15.1 Å². The van der Waals surface area contributed by atoms with Crippen molar-refractivity contribution in [2.75, 3.05) is 18.5 Å². The zero-order valence-corrected chi connectivity index (χ0v) is 10.5. The van der Waals surface area contributed by atoms with Crippen LogP contribution >= 0.6 is 11.8 Å². The van der Waals surface area contributed by atoms with Crippen molar-refractivity contribution in [1.29, 1.82) is 0 Å². The van der Waals surface area contributed by atoms with Crippen LogP contribution in [0.2, 0.25) is 0 Å². The molecule has 1 rings (SSSR count). The van der Waals surface area contributed by atoms with E-state index in [9.17, 15) is 4.79 Å². The van der Waals surface area contributed by atoms with E-state index in [0.717, 1.165) is 6.42 Å². The first-order valence-electron chi connectivity index (χ1n) is 5.20. The SMILES string of the molecule is CSC(C)CCNC(=O)Cn1ccc(N)n1. The summed E-state index contributed by atoms with van der Waals surface area (Å²) in [7, 11) is 0. The second-order valence-corrected chi connectivity index (χ2v) is 4.90. The van der Waals surface area contributed by atoms with E-state index in [4.69, 9.17) is 5.73 Å². The Kier molecular flexibility index (Phi) is 5.18. The standard InChI is InChI=1S/C10H18N4OS/c1-8(16-2)3-5-12-10(15)7-14-6-4-9(11)13-14/h4,6,8H,3,5,7H2,1-2H3,(H2,11,13)(H,12,15). The highest BCUT2D eigenvalue weighted by Gasteiger charge is 2.04. The summed E-state index contributed by atoms with van der Waals surface area (Å²) in [4.78, 5) is 11.5. The molecule has 1 atom stereocenters. The van der Waals surface area contributed by atoms with Crippen molar-refractivity contribution < 1.29 is 4.79 Å². The molecule has 0 saturated carbocycles. The Morgan fingerprint density at radius 2 is 2.50 bits per heavy atom. The Bertz CT molecular complexity index is 339. The van der Waals surface area contributed by atoms with Crippen molar-refractivity contribution in [3.8, 4) is 0 Å². The number of rotatable bonds is 6. The summed E-state index contributed by atoms with van der Waals surface area (Å²) in [6.45, 7) is 3.08. The van der Waals surface area contributed by atoms with Crippen molar-refractivity contribution in [2.24, 2.45) is 0 Å². The van der Waals surface area contributed by atoms with E-state index in [1.54, 1.807) is 24.0 Å². The van der Waals surface area contributed by atoms with Gasteiger partial charge in [0.15, 0.2) is 0 Å². The van der Waals surface area contributed by atoms with Crippen molar-refractivity contribution in [2.45, 2.75) is 25.1 Å². The van der Waals surface area contributed by atoms with Gasteiger partial charge in [0.2, 0.25) is 5.91 Å². The Morgan fingerprint density at radius 3 is 3.06 bits per heavy atom. The maximum absolute atomic E-state index is 11.5. The number of nitrogens with one attached hydrogen (secondary N) is 1. The molecule has 0 aliphatic heterocycles. The van der Waals surface area contributed by atoms with E-state index >= 15 is 0 Å². The largest absolute Gasteiger partial charge is 0.382 e. The molecule has 0 spiro atoms. The lowest BCUT2D eigenvalue weighted by molar-refractivity contribution is -0.121. The number of hydrogen-bond acceptors (Lipinski definition) is 4. The van der Waals surface area contributed by atoms with Crippen molar-refractivity contribution in [3.63, 3.8) is 0 Å². The lowest BCUT2D eigenvalue weighted by atomic mass is 10.3. The minimum atomic E-state index is -0.0311. The molecule has 0 aliphatic rings. The number of nitrogen functional groups attached to an aromatic ring is 1. The summed E-state index contributed by atoms with van der Waals surface area (Å²) in [5, 5.41) is 7.36. The molecule has 1 amide bonds. The van der Waals surface area contributed by atoms with Crippen LogP contribution in [-0.2, 0) is 11.3 Å². The fourth-order valence-electron chi connectivity index (χ4n) is 1.20. The van der Waals surface area contributed by atoms with Gasteiger partial charge in [-0.3, -0.25) is 9.48 Å². The van der Waals surface area contributed by atoms with Gasteiger partial charge in [-0.25, -0.2) is 0 Å². The van der Waals surface area contributed by atoms with Crippen LogP contribution in [0.15, 0.2) is 12.3 Å². The van der Waals surface area contributed by atoms with Gasteiger partial charge in [0.25, 0.3) is 0 Å². The van der Waals surface area contributed by atoms with Gasteiger partial charge in [0, 0.05) is 18.0 Å². The Morgan fingerprint density at radius 1 is 1.75 bits per heavy atom. The van der Waals surface area contributed by atoms with Gasteiger partial charge < -0.3 is 11.1 Å². The Labute approximate surface area is 99.8 Å². The molecule has 6 heteroatoms. The predicted octanol–water partition coefficient (Wildman–Crippen LogP) is 0.723. The average Bonchev–Trinajstić information content (AvgIpc) is 2.63. The number of anilines is 1. The maximum atomic E-state index is 11.5. The average molecular weight is 242 g/mol. The number of aromatic nitrogens is 2. The third kappa shape index (κ3) is 4.57. The molecule has 1 heterocycles. The van der Waals surface area contributed by atoms with Gasteiger partial charge in [-0.05, 0) is 18.7 Å². The van der Waals surface area contributed by atoms with Gasteiger partial charge in [-0.15, -0.1) is 0 Å². The van der Waals surface area contributed by atoms with E-state index < -0.39 is 0 Å². The molecule has 0 bridgehead atoms. The summed E-state index contributed by atoms with van der Waals surface area (Å²) >= 11 is 1.80. The zero-order chi connectivity index (χ0) is 12.0. The Balaban J connectivity index is 2.21. The molecule has 0 aromatic carbocycles. The fraction of sp³-hybridized carbons (Fsp3) is 0.600. The minimum Gasteiger partial charge on any atom is -0.382 e. The topological polar surface area (TPSA) is 72.9 Å². The van der Waals surface area contributed by atoms with E-state index in [2.05, 4.69) is 23.6 Å². The van der Waals surface area contributed by atoms with Crippen LogP contribution < -0.4 is 11.1 Å². The third-order valence-corrected chi connectivity index (χ3v) is 3.28. The van der Waals surface area contributed by atoms with Crippen LogP contribution in [0.3, 0.4) is 0 Å². The summed E-state index contributed by atoms with van der Waals surface area (Å²) in [6, 6.07) is 1.67. The van der Waals surface area contributed by atoms with E-state index in [-0.39, 0.29) is 12.5 Å². The summed E-state index contributed by atoms with van der Waals surface area (Å²) in [6.07, 6.45) is 4.74.